The fourth-order valence-corrected chi connectivity index (χ4v) is 2.91. The Morgan fingerprint density at radius 3 is 2.19 bits per heavy atom. The smallest absolute Gasteiger partial charge is 0.372 e. The van der Waals surface area contributed by atoms with E-state index >= 15 is 0 Å². The highest BCUT2D eigenvalue weighted by Gasteiger charge is 2.31. The van der Waals surface area contributed by atoms with E-state index < -0.39 is 17.8 Å². The lowest BCUT2D eigenvalue weighted by Gasteiger charge is -2.24. The number of rotatable bonds is 5. The van der Waals surface area contributed by atoms with Crippen LogP contribution in [0.1, 0.15) is 30.5 Å². The number of carbonyl (C=O) groups excluding carboxylic acids is 1. The Kier molecular flexibility index (Phi) is 6.42. The number of benzene rings is 2. The predicted molar refractivity (Wildman–Crippen MR) is 103 cm³/mol. The summed E-state index contributed by atoms with van der Waals surface area (Å²) < 4.78 is 38.4. The highest BCUT2D eigenvalue weighted by Crippen LogP contribution is 2.34. The van der Waals surface area contributed by atoms with Crippen molar-refractivity contribution in [1.29, 1.82) is 0 Å². The summed E-state index contributed by atoms with van der Waals surface area (Å²) in [4.78, 5) is 12.7. The summed E-state index contributed by atoms with van der Waals surface area (Å²) in [6.07, 6.45) is -4.47. The first-order valence-corrected chi connectivity index (χ1v) is 8.88. The van der Waals surface area contributed by atoms with Crippen molar-refractivity contribution in [3.8, 4) is 0 Å². The van der Waals surface area contributed by atoms with E-state index in [4.69, 9.17) is 11.6 Å². The van der Waals surface area contributed by atoms with Crippen LogP contribution in [0.5, 0.6) is 0 Å². The Bertz CT molecular complexity index is 834. The second-order valence-corrected chi connectivity index (χ2v) is 7.27. The minimum Gasteiger partial charge on any atom is -0.372 e. The number of amides is 1. The highest BCUT2D eigenvalue weighted by atomic mass is 35.5. The maximum Gasteiger partial charge on any atom is 0.416 e. The van der Waals surface area contributed by atoms with Crippen molar-refractivity contribution in [3.63, 3.8) is 0 Å². The van der Waals surface area contributed by atoms with Crippen molar-refractivity contribution in [2.75, 3.05) is 10.6 Å². The summed E-state index contributed by atoms with van der Waals surface area (Å²) >= 11 is 6.00. The lowest BCUT2D eigenvalue weighted by atomic mass is 10.0. The summed E-state index contributed by atoms with van der Waals surface area (Å²) in [6.45, 7) is 7.55. The molecule has 0 aliphatic carbocycles. The van der Waals surface area contributed by atoms with Gasteiger partial charge < -0.3 is 10.6 Å². The van der Waals surface area contributed by atoms with Gasteiger partial charge in [0.25, 0.3) is 0 Å². The van der Waals surface area contributed by atoms with Crippen LogP contribution in [0.3, 0.4) is 0 Å². The van der Waals surface area contributed by atoms with Gasteiger partial charge in [0.15, 0.2) is 0 Å². The fourth-order valence-electron chi connectivity index (χ4n) is 2.68. The zero-order valence-corrected chi connectivity index (χ0v) is 16.3. The molecule has 0 aromatic heterocycles. The fraction of sp³-hybridized carbons (Fsp3) is 0.350. The molecule has 0 aliphatic heterocycles. The molecule has 27 heavy (non-hydrogen) atoms. The molecule has 0 bridgehead atoms. The number of aryl methyl sites for hydroxylation is 2. The highest BCUT2D eigenvalue weighted by molar-refractivity contribution is 6.33. The largest absolute Gasteiger partial charge is 0.416 e. The average molecular weight is 399 g/mol. The first kappa shape index (κ1) is 21.1. The number of carbonyl (C=O) groups is 1. The van der Waals surface area contributed by atoms with Crippen LogP contribution < -0.4 is 10.6 Å². The third-order valence-electron chi connectivity index (χ3n) is 4.20. The normalized spacial score (nSPS) is 12.8. The van der Waals surface area contributed by atoms with Crippen LogP contribution in [0, 0.1) is 19.8 Å². The molecule has 1 amide bonds. The molecule has 0 radical (unpaired) electrons. The van der Waals surface area contributed by atoms with E-state index in [0.29, 0.717) is 5.69 Å². The monoisotopic (exact) mass is 398 g/mol. The summed E-state index contributed by atoms with van der Waals surface area (Å²) in [5.41, 5.74) is 2.15. The van der Waals surface area contributed by atoms with Gasteiger partial charge in [-0.25, -0.2) is 0 Å². The Hall–Kier alpha value is -2.21. The second-order valence-electron chi connectivity index (χ2n) is 6.87. The van der Waals surface area contributed by atoms with Crippen LogP contribution in [0.15, 0.2) is 36.4 Å². The number of alkyl halides is 3. The minimum atomic E-state index is -4.47. The van der Waals surface area contributed by atoms with Crippen LogP contribution in [0.2, 0.25) is 5.02 Å². The van der Waals surface area contributed by atoms with E-state index in [0.717, 1.165) is 23.3 Å². The molecule has 2 N–H and O–H groups in total. The van der Waals surface area contributed by atoms with Crippen LogP contribution in [0.25, 0.3) is 0 Å². The molecule has 0 saturated heterocycles. The molecule has 146 valence electrons. The van der Waals surface area contributed by atoms with Crippen molar-refractivity contribution in [3.05, 3.63) is 58.1 Å². The van der Waals surface area contributed by atoms with Crippen LogP contribution in [-0.4, -0.2) is 11.9 Å². The molecule has 7 heteroatoms. The Morgan fingerprint density at radius 1 is 1.04 bits per heavy atom. The molecule has 2 rings (SSSR count). The number of hydrogen-bond donors (Lipinski definition) is 2. The molecule has 1 atom stereocenters. The van der Waals surface area contributed by atoms with E-state index in [1.165, 1.54) is 6.07 Å². The van der Waals surface area contributed by atoms with Crippen LogP contribution in [0.4, 0.5) is 24.5 Å². The maximum atomic E-state index is 12.8. The molecule has 0 unspecified atom stereocenters. The van der Waals surface area contributed by atoms with Crippen molar-refractivity contribution in [1.82, 2.24) is 0 Å². The summed E-state index contributed by atoms with van der Waals surface area (Å²) in [6, 6.07) is 8.04. The Labute approximate surface area is 161 Å². The average Bonchev–Trinajstić information content (AvgIpc) is 2.54. The van der Waals surface area contributed by atoms with Crippen molar-refractivity contribution in [2.45, 2.75) is 39.9 Å². The van der Waals surface area contributed by atoms with E-state index in [-0.39, 0.29) is 22.5 Å². The van der Waals surface area contributed by atoms with Gasteiger partial charge in [0, 0.05) is 5.69 Å². The zero-order valence-electron chi connectivity index (χ0n) is 15.5. The molecule has 0 fully saturated rings. The molecular formula is C20H22ClF3N2O. The van der Waals surface area contributed by atoms with Crippen molar-refractivity contribution >= 4 is 28.9 Å². The Balaban J connectivity index is 2.21. The molecule has 3 nitrogen and oxygen atoms in total. The predicted octanol–water partition coefficient (Wildman–Crippen LogP) is 6.05. The van der Waals surface area contributed by atoms with E-state index in [2.05, 4.69) is 10.6 Å². The van der Waals surface area contributed by atoms with Crippen molar-refractivity contribution < 1.29 is 18.0 Å². The molecule has 0 spiro atoms. The summed E-state index contributed by atoms with van der Waals surface area (Å²) in [5.74, 6) is -0.401. The SMILES string of the molecule is Cc1ccc(NC(=O)[C@@H](Nc2ccc(C(F)(F)F)cc2Cl)C(C)C)c(C)c1. The lowest BCUT2D eigenvalue weighted by molar-refractivity contribution is -0.137. The molecule has 2 aromatic carbocycles. The first-order valence-electron chi connectivity index (χ1n) is 8.50. The van der Waals surface area contributed by atoms with Gasteiger partial charge in [-0.15, -0.1) is 0 Å². The number of anilines is 2. The quantitative estimate of drug-likeness (QED) is 0.643. The van der Waals surface area contributed by atoms with E-state index in [1.54, 1.807) is 0 Å². The lowest BCUT2D eigenvalue weighted by Crippen LogP contribution is -2.39. The second kappa shape index (κ2) is 8.21. The van der Waals surface area contributed by atoms with Crippen molar-refractivity contribution in [2.24, 2.45) is 5.92 Å². The van der Waals surface area contributed by atoms with Crippen LogP contribution >= 0.6 is 11.6 Å². The molecule has 0 heterocycles. The van der Waals surface area contributed by atoms with E-state index in [9.17, 15) is 18.0 Å². The summed E-state index contributed by atoms with van der Waals surface area (Å²) in [5, 5.41) is 5.75. The third-order valence-corrected chi connectivity index (χ3v) is 4.51. The number of hydrogen-bond acceptors (Lipinski definition) is 2. The zero-order chi connectivity index (χ0) is 20.4. The number of nitrogens with one attached hydrogen (secondary N) is 2. The van der Waals surface area contributed by atoms with Gasteiger partial charge in [-0.1, -0.05) is 43.1 Å². The topological polar surface area (TPSA) is 41.1 Å². The van der Waals surface area contributed by atoms with Gasteiger partial charge in [0.05, 0.1) is 16.3 Å². The third kappa shape index (κ3) is 5.39. The van der Waals surface area contributed by atoms with Gasteiger partial charge in [-0.2, -0.15) is 13.2 Å². The van der Waals surface area contributed by atoms with Gasteiger partial charge in [-0.3, -0.25) is 4.79 Å². The summed E-state index contributed by atoms with van der Waals surface area (Å²) in [7, 11) is 0. The van der Waals surface area contributed by atoms with Gasteiger partial charge in [0.2, 0.25) is 5.91 Å². The molecule has 0 saturated carbocycles. The van der Waals surface area contributed by atoms with Gasteiger partial charge in [-0.05, 0) is 49.6 Å². The standard InChI is InChI=1S/C20H22ClF3N2O/c1-11(2)18(19(27)26-16-7-5-12(3)9-13(16)4)25-17-8-6-14(10-15(17)21)20(22,23)24/h5-11,18,25H,1-4H3,(H,26,27)/t18-/m0/s1. The minimum absolute atomic E-state index is 0.0882. The first-order chi connectivity index (χ1) is 12.5. The van der Waals surface area contributed by atoms with E-state index in [1.807, 2.05) is 45.9 Å². The number of halogens is 4. The molecule has 2 aromatic rings. The maximum absolute atomic E-state index is 12.8. The molecular weight excluding hydrogens is 377 g/mol. The Morgan fingerprint density at radius 2 is 1.67 bits per heavy atom. The van der Waals surface area contributed by atoms with Gasteiger partial charge in [0.1, 0.15) is 6.04 Å². The van der Waals surface area contributed by atoms with Gasteiger partial charge >= 0.3 is 6.18 Å². The van der Waals surface area contributed by atoms with Crippen LogP contribution in [-0.2, 0) is 11.0 Å². The molecule has 0 aliphatic rings.